The lowest BCUT2D eigenvalue weighted by Crippen LogP contribution is -2.00. The lowest BCUT2D eigenvalue weighted by molar-refractivity contribution is 0.990. The second-order valence-corrected chi connectivity index (χ2v) is 3.33. The van der Waals surface area contributed by atoms with E-state index in [9.17, 15) is 0 Å². The first-order valence-corrected chi connectivity index (χ1v) is 4.47. The topological polar surface area (TPSA) is 56.7 Å². The van der Waals surface area contributed by atoms with Gasteiger partial charge in [-0.05, 0) is 18.6 Å². The molecule has 0 amide bonds. The Morgan fingerprint density at radius 1 is 1.50 bits per heavy atom. The fraction of sp³-hybridized carbons (Fsp3) is 0.111. The lowest BCUT2D eigenvalue weighted by Gasteiger charge is -2.06. The number of nitrogens with two attached hydrogens (primary N) is 1. The second kappa shape index (κ2) is 3.31. The second-order valence-electron chi connectivity index (χ2n) is 2.97. The lowest BCUT2D eigenvalue weighted by atomic mass is 10.2. The molecule has 0 aromatic carbocycles. The van der Waals surface area contributed by atoms with E-state index in [1.54, 1.807) is 23.3 Å². The van der Waals surface area contributed by atoms with E-state index in [1.807, 2.05) is 13.0 Å². The summed E-state index contributed by atoms with van der Waals surface area (Å²) in [5, 5.41) is 0.328. The number of aryl methyl sites for hydroxylation is 1. The van der Waals surface area contributed by atoms with Gasteiger partial charge >= 0.3 is 0 Å². The smallest absolute Gasteiger partial charge is 0.154 e. The van der Waals surface area contributed by atoms with Crippen LogP contribution in [0.15, 0.2) is 24.8 Å². The van der Waals surface area contributed by atoms with Crippen LogP contribution < -0.4 is 5.73 Å². The van der Waals surface area contributed by atoms with Gasteiger partial charge in [0.05, 0.1) is 5.69 Å². The van der Waals surface area contributed by atoms with E-state index >= 15 is 0 Å². The molecule has 2 rings (SSSR count). The number of rotatable bonds is 1. The summed E-state index contributed by atoms with van der Waals surface area (Å²) < 4.78 is 1.78. The Labute approximate surface area is 86.4 Å². The van der Waals surface area contributed by atoms with Crippen LogP contribution in [0.4, 0.5) is 5.69 Å². The zero-order valence-corrected chi connectivity index (χ0v) is 8.36. The highest BCUT2D eigenvalue weighted by Gasteiger charge is 2.05. The molecule has 5 heteroatoms. The Morgan fingerprint density at radius 2 is 2.29 bits per heavy atom. The maximum atomic E-state index is 5.87. The van der Waals surface area contributed by atoms with Crippen molar-refractivity contribution in [3.8, 4) is 5.82 Å². The molecule has 0 radical (unpaired) electrons. The third-order valence-electron chi connectivity index (χ3n) is 1.97. The standard InChI is InChI=1S/C9H9ClN4/c1-6-4-7(13-9(10)8(6)11)14-3-2-12-5-14/h2-5H,11H2,1H3. The third-order valence-corrected chi connectivity index (χ3v) is 2.26. The minimum Gasteiger partial charge on any atom is -0.396 e. The zero-order valence-electron chi connectivity index (χ0n) is 7.61. The van der Waals surface area contributed by atoms with Crippen molar-refractivity contribution in [2.75, 3.05) is 5.73 Å². The molecule has 72 valence electrons. The van der Waals surface area contributed by atoms with E-state index in [1.165, 1.54) is 0 Å². The molecule has 0 saturated heterocycles. The summed E-state index contributed by atoms with van der Waals surface area (Å²) in [5.74, 6) is 0.721. The van der Waals surface area contributed by atoms with Crippen molar-refractivity contribution in [1.29, 1.82) is 0 Å². The molecule has 2 aromatic heterocycles. The molecular weight excluding hydrogens is 200 g/mol. The molecule has 0 aliphatic rings. The van der Waals surface area contributed by atoms with Gasteiger partial charge in [0.15, 0.2) is 5.15 Å². The molecule has 0 bridgehead atoms. The number of halogens is 1. The molecule has 2 aromatic rings. The van der Waals surface area contributed by atoms with Crippen LogP contribution in [0.1, 0.15) is 5.56 Å². The van der Waals surface area contributed by atoms with Crippen molar-refractivity contribution in [1.82, 2.24) is 14.5 Å². The first kappa shape index (κ1) is 9.02. The Kier molecular flexibility index (Phi) is 2.13. The first-order valence-electron chi connectivity index (χ1n) is 4.09. The predicted molar refractivity (Wildman–Crippen MR) is 55.5 cm³/mol. The molecular formula is C9H9ClN4. The Hall–Kier alpha value is -1.55. The van der Waals surface area contributed by atoms with Crippen LogP contribution in [0.5, 0.6) is 0 Å². The van der Waals surface area contributed by atoms with Gasteiger partial charge in [-0.1, -0.05) is 11.6 Å². The number of nitrogens with zero attached hydrogens (tertiary/aromatic N) is 3. The summed E-state index contributed by atoms with van der Waals surface area (Å²) in [7, 11) is 0. The summed E-state index contributed by atoms with van der Waals surface area (Å²) in [6.45, 7) is 1.89. The normalized spacial score (nSPS) is 10.4. The van der Waals surface area contributed by atoms with Gasteiger partial charge in [0.1, 0.15) is 12.1 Å². The summed E-state index contributed by atoms with van der Waals surface area (Å²) in [6.07, 6.45) is 5.14. The van der Waals surface area contributed by atoms with Gasteiger partial charge in [-0.15, -0.1) is 0 Å². The van der Waals surface area contributed by atoms with Crippen LogP contribution in [0.25, 0.3) is 5.82 Å². The van der Waals surface area contributed by atoms with Crippen molar-refractivity contribution in [2.45, 2.75) is 6.92 Å². The third kappa shape index (κ3) is 1.44. The number of hydrogen-bond acceptors (Lipinski definition) is 3. The molecule has 0 aliphatic carbocycles. The number of nitrogen functional groups attached to an aromatic ring is 1. The van der Waals surface area contributed by atoms with E-state index in [4.69, 9.17) is 17.3 Å². The van der Waals surface area contributed by atoms with E-state index < -0.39 is 0 Å². The van der Waals surface area contributed by atoms with Crippen molar-refractivity contribution in [2.24, 2.45) is 0 Å². The van der Waals surface area contributed by atoms with Crippen LogP contribution in [-0.4, -0.2) is 14.5 Å². The van der Waals surface area contributed by atoms with Gasteiger partial charge in [0.25, 0.3) is 0 Å². The fourth-order valence-electron chi connectivity index (χ4n) is 1.15. The van der Waals surface area contributed by atoms with Gasteiger partial charge in [0, 0.05) is 12.4 Å². The molecule has 0 saturated carbocycles. The first-order chi connectivity index (χ1) is 6.68. The Bertz CT molecular complexity index is 427. The van der Waals surface area contributed by atoms with Crippen molar-refractivity contribution >= 4 is 17.3 Å². The van der Waals surface area contributed by atoms with Crippen molar-refractivity contribution < 1.29 is 0 Å². The molecule has 0 spiro atoms. The predicted octanol–water partition coefficient (Wildman–Crippen LogP) is 1.81. The number of aromatic nitrogens is 3. The van der Waals surface area contributed by atoms with Crippen LogP contribution in [0, 0.1) is 6.92 Å². The Balaban J connectivity index is 2.57. The molecule has 4 nitrogen and oxygen atoms in total. The zero-order chi connectivity index (χ0) is 10.1. The maximum Gasteiger partial charge on any atom is 0.154 e. The molecule has 2 heterocycles. The highest BCUT2D eigenvalue weighted by Crippen LogP contribution is 2.22. The summed E-state index contributed by atoms with van der Waals surface area (Å²) in [6, 6.07) is 1.86. The average molecular weight is 209 g/mol. The number of imidazole rings is 1. The van der Waals surface area contributed by atoms with Crippen LogP contribution in [0.2, 0.25) is 5.15 Å². The monoisotopic (exact) mass is 208 g/mol. The van der Waals surface area contributed by atoms with Crippen molar-refractivity contribution in [3.05, 3.63) is 35.5 Å². The van der Waals surface area contributed by atoms with Crippen LogP contribution in [-0.2, 0) is 0 Å². The number of pyridine rings is 1. The SMILES string of the molecule is Cc1cc(-n2ccnc2)nc(Cl)c1N. The molecule has 0 unspecified atom stereocenters. The van der Waals surface area contributed by atoms with Gasteiger partial charge < -0.3 is 5.73 Å². The summed E-state index contributed by atoms with van der Waals surface area (Å²) in [5.41, 5.74) is 7.12. The van der Waals surface area contributed by atoms with Gasteiger partial charge in [-0.3, -0.25) is 4.57 Å². The minimum atomic E-state index is 0.328. The average Bonchev–Trinajstić information content (AvgIpc) is 2.66. The van der Waals surface area contributed by atoms with Crippen LogP contribution >= 0.6 is 11.6 Å². The highest BCUT2D eigenvalue weighted by molar-refractivity contribution is 6.32. The van der Waals surface area contributed by atoms with E-state index in [-0.39, 0.29) is 0 Å². The van der Waals surface area contributed by atoms with E-state index in [2.05, 4.69) is 9.97 Å². The Morgan fingerprint density at radius 3 is 2.86 bits per heavy atom. The fourth-order valence-corrected chi connectivity index (χ4v) is 1.39. The minimum absolute atomic E-state index is 0.328. The molecule has 14 heavy (non-hydrogen) atoms. The molecule has 0 atom stereocenters. The molecule has 0 fully saturated rings. The quantitative estimate of drug-likeness (QED) is 0.728. The van der Waals surface area contributed by atoms with E-state index in [0.717, 1.165) is 11.4 Å². The number of hydrogen-bond donors (Lipinski definition) is 1. The van der Waals surface area contributed by atoms with Gasteiger partial charge in [-0.25, -0.2) is 9.97 Å². The largest absolute Gasteiger partial charge is 0.396 e. The highest BCUT2D eigenvalue weighted by atomic mass is 35.5. The molecule has 2 N–H and O–H groups in total. The van der Waals surface area contributed by atoms with E-state index in [0.29, 0.717) is 10.8 Å². The van der Waals surface area contributed by atoms with Gasteiger partial charge in [-0.2, -0.15) is 0 Å². The number of anilines is 1. The molecule has 0 aliphatic heterocycles. The summed E-state index contributed by atoms with van der Waals surface area (Å²) in [4.78, 5) is 8.07. The van der Waals surface area contributed by atoms with Crippen LogP contribution in [0.3, 0.4) is 0 Å². The van der Waals surface area contributed by atoms with Gasteiger partial charge in [0.2, 0.25) is 0 Å². The maximum absolute atomic E-state index is 5.87. The summed E-state index contributed by atoms with van der Waals surface area (Å²) >= 11 is 5.87. The van der Waals surface area contributed by atoms with Crippen molar-refractivity contribution in [3.63, 3.8) is 0 Å².